The van der Waals surface area contributed by atoms with Crippen molar-refractivity contribution in [3.63, 3.8) is 0 Å². The molecule has 0 aromatic carbocycles. The highest BCUT2D eigenvalue weighted by atomic mass is 15.1. The number of nitrogens with two attached hydrogens (primary N) is 1. The lowest BCUT2D eigenvalue weighted by Gasteiger charge is -2.12. The van der Waals surface area contributed by atoms with E-state index >= 15 is 0 Å². The molecule has 0 spiro atoms. The molecule has 2 aromatic rings. The number of nitrogens with zero attached hydrogens (tertiary/aromatic N) is 4. The highest BCUT2D eigenvalue weighted by Crippen LogP contribution is 2.23. The third kappa shape index (κ3) is 1.90. The summed E-state index contributed by atoms with van der Waals surface area (Å²) in [7, 11) is 0. The molecule has 1 aliphatic rings. The Bertz CT molecular complexity index is 546. The first kappa shape index (κ1) is 11.3. The van der Waals surface area contributed by atoms with Crippen molar-refractivity contribution in [1.82, 2.24) is 19.5 Å². The molecule has 1 aliphatic carbocycles. The van der Waals surface area contributed by atoms with Gasteiger partial charge in [-0.05, 0) is 25.7 Å². The maximum absolute atomic E-state index is 5.71. The van der Waals surface area contributed by atoms with Gasteiger partial charge in [0.25, 0.3) is 0 Å². The lowest BCUT2D eigenvalue weighted by molar-refractivity contribution is 0.708. The molecular weight excluding hydrogens is 226 g/mol. The van der Waals surface area contributed by atoms with Gasteiger partial charge in [0.1, 0.15) is 18.0 Å². The average molecular weight is 243 g/mol. The SMILES string of the molecule is NCc1nccn1-c1ncnc2c1CCCCC2. The van der Waals surface area contributed by atoms with E-state index in [-0.39, 0.29) is 0 Å². The van der Waals surface area contributed by atoms with E-state index < -0.39 is 0 Å². The second kappa shape index (κ2) is 4.86. The smallest absolute Gasteiger partial charge is 0.144 e. The Labute approximate surface area is 106 Å². The molecule has 5 nitrogen and oxygen atoms in total. The summed E-state index contributed by atoms with van der Waals surface area (Å²) in [5.74, 6) is 1.81. The Balaban J connectivity index is 2.12. The Morgan fingerprint density at radius 3 is 2.89 bits per heavy atom. The molecule has 0 aliphatic heterocycles. The minimum Gasteiger partial charge on any atom is -0.324 e. The molecule has 0 saturated carbocycles. The maximum Gasteiger partial charge on any atom is 0.144 e. The molecule has 2 N–H and O–H groups in total. The monoisotopic (exact) mass is 243 g/mol. The van der Waals surface area contributed by atoms with Crippen molar-refractivity contribution in [3.05, 3.63) is 35.8 Å². The van der Waals surface area contributed by atoms with Crippen LogP contribution in [0.2, 0.25) is 0 Å². The Kier molecular flexibility index (Phi) is 3.06. The van der Waals surface area contributed by atoms with Crippen molar-refractivity contribution >= 4 is 0 Å². The molecule has 94 valence electrons. The van der Waals surface area contributed by atoms with Crippen molar-refractivity contribution < 1.29 is 0 Å². The van der Waals surface area contributed by atoms with Crippen molar-refractivity contribution in [2.24, 2.45) is 5.73 Å². The molecule has 0 unspecified atom stereocenters. The molecule has 0 saturated heterocycles. The molecule has 0 amide bonds. The number of imidazole rings is 1. The van der Waals surface area contributed by atoms with Gasteiger partial charge in [-0.3, -0.25) is 4.57 Å². The zero-order valence-electron chi connectivity index (χ0n) is 10.3. The number of fused-ring (bicyclic) bond motifs is 1. The third-order valence-electron chi connectivity index (χ3n) is 3.48. The van der Waals surface area contributed by atoms with Gasteiger partial charge in [-0.2, -0.15) is 0 Å². The molecule has 0 bridgehead atoms. The van der Waals surface area contributed by atoms with Gasteiger partial charge in [0.05, 0.1) is 6.54 Å². The standard InChI is InChI=1S/C13H17N5/c14-8-12-15-6-7-18(12)13-10-4-2-1-3-5-11(10)16-9-17-13/h6-7,9H,1-5,8,14H2. The van der Waals surface area contributed by atoms with Crippen LogP contribution in [0.1, 0.15) is 36.3 Å². The van der Waals surface area contributed by atoms with Crippen LogP contribution in [0, 0.1) is 0 Å². The predicted molar refractivity (Wildman–Crippen MR) is 68.3 cm³/mol. The Morgan fingerprint density at radius 1 is 1.11 bits per heavy atom. The summed E-state index contributed by atoms with van der Waals surface area (Å²) >= 11 is 0. The lowest BCUT2D eigenvalue weighted by Crippen LogP contribution is -2.11. The van der Waals surface area contributed by atoms with Gasteiger partial charge in [0.15, 0.2) is 0 Å². The van der Waals surface area contributed by atoms with Crippen LogP contribution in [-0.2, 0) is 19.4 Å². The van der Waals surface area contributed by atoms with E-state index in [1.54, 1.807) is 12.5 Å². The molecular formula is C13H17N5. The van der Waals surface area contributed by atoms with Crippen molar-refractivity contribution in [2.75, 3.05) is 0 Å². The fraction of sp³-hybridized carbons (Fsp3) is 0.462. The maximum atomic E-state index is 5.71. The van der Waals surface area contributed by atoms with Crippen molar-refractivity contribution in [1.29, 1.82) is 0 Å². The van der Waals surface area contributed by atoms with E-state index in [9.17, 15) is 0 Å². The fourth-order valence-corrected chi connectivity index (χ4v) is 2.57. The van der Waals surface area contributed by atoms with Gasteiger partial charge in [-0.25, -0.2) is 15.0 Å². The van der Waals surface area contributed by atoms with Crippen LogP contribution < -0.4 is 5.73 Å². The van der Waals surface area contributed by atoms with Gasteiger partial charge in [-0.15, -0.1) is 0 Å². The van der Waals surface area contributed by atoms with Crippen LogP contribution in [0.3, 0.4) is 0 Å². The van der Waals surface area contributed by atoms with E-state index in [0.717, 1.165) is 24.5 Å². The molecule has 0 atom stereocenters. The van der Waals surface area contributed by atoms with Crippen LogP contribution in [0.15, 0.2) is 18.7 Å². The number of hydrogen-bond acceptors (Lipinski definition) is 4. The average Bonchev–Trinajstić information content (AvgIpc) is 2.74. The summed E-state index contributed by atoms with van der Waals surface area (Å²) in [5, 5.41) is 0. The van der Waals surface area contributed by atoms with E-state index in [4.69, 9.17) is 5.73 Å². The largest absolute Gasteiger partial charge is 0.324 e. The zero-order chi connectivity index (χ0) is 12.4. The molecule has 2 aromatic heterocycles. The fourth-order valence-electron chi connectivity index (χ4n) is 2.57. The Morgan fingerprint density at radius 2 is 2.00 bits per heavy atom. The summed E-state index contributed by atoms with van der Waals surface area (Å²) in [5.41, 5.74) is 8.17. The normalized spacial score (nSPS) is 15.2. The summed E-state index contributed by atoms with van der Waals surface area (Å²) in [6, 6.07) is 0. The number of aromatic nitrogens is 4. The minimum absolute atomic E-state index is 0.422. The first-order chi connectivity index (χ1) is 8.90. The topological polar surface area (TPSA) is 69.6 Å². The van der Waals surface area contributed by atoms with Gasteiger partial charge >= 0.3 is 0 Å². The van der Waals surface area contributed by atoms with Gasteiger partial charge < -0.3 is 5.73 Å². The third-order valence-corrected chi connectivity index (χ3v) is 3.48. The lowest BCUT2D eigenvalue weighted by atomic mass is 10.1. The quantitative estimate of drug-likeness (QED) is 0.809. The van der Waals surface area contributed by atoms with E-state index in [0.29, 0.717) is 6.54 Å². The zero-order valence-corrected chi connectivity index (χ0v) is 10.3. The van der Waals surface area contributed by atoms with Crippen molar-refractivity contribution in [2.45, 2.75) is 38.6 Å². The first-order valence-electron chi connectivity index (χ1n) is 6.45. The molecule has 5 heteroatoms. The van der Waals surface area contributed by atoms with Crippen LogP contribution >= 0.6 is 0 Å². The summed E-state index contributed by atoms with van der Waals surface area (Å²) < 4.78 is 1.99. The van der Waals surface area contributed by atoms with E-state index in [1.165, 1.54) is 30.5 Å². The second-order valence-electron chi connectivity index (χ2n) is 4.60. The Hall–Kier alpha value is -1.75. The van der Waals surface area contributed by atoms with Crippen LogP contribution in [0.4, 0.5) is 0 Å². The summed E-state index contributed by atoms with van der Waals surface area (Å²) in [6.45, 7) is 0.422. The minimum atomic E-state index is 0.422. The molecule has 3 rings (SSSR count). The molecule has 18 heavy (non-hydrogen) atoms. The van der Waals surface area contributed by atoms with E-state index in [2.05, 4.69) is 15.0 Å². The van der Waals surface area contributed by atoms with Crippen LogP contribution in [-0.4, -0.2) is 19.5 Å². The highest BCUT2D eigenvalue weighted by Gasteiger charge is 2.16. The van der Waals surface area contributed by atoms with E-state index in [1.807, 2.05) is 10.8 Å². The molecule has 2 heterocycles. The van der Waals surface area contributed by atoms with Crippen LogP contribution in [0.5, 0.6) is 0 Å². The van der Waals surface area contributed by atoms with Crippen molar-refractivity contribution in [3.8, 4) is 5.82 Å². The second-order valence-corrected chi connectivity index (χ2v) is 4.60. The van der Waals surface area contributed by atoms with Gasteiger partial charge in [0.2, 0.25) is 0 Å². The summed E-state index contributed by atoms with van der Waals surface area (Å²) in [4.78, 5) is 13.1. The molecule has 0 radical (unpaired) electrons. The highest BCUT2D eigenvalue weighted by molar-refractivity contribution is 5.38. The molecule has 0 fully saturated rings. The van der Waals surface area contributed by atoms with Gasteiger partial charge in [0, 0.05) is 23.7 Å². The number of hydrogen-bond donors (Lipinski definition) is 1. The number of rotatable bonds is 2. The first-order valence-corrected chi connectivity index (χ1v) is 6.45. The summed E-state index contributed by atoms with van der Waals surface area (Å²) in [6.07, 6.45) is 11.1. The number of aryl methyl sites for hydroxylation is 1. The van der Waals surface area contributed by atoms with Crippen LogP contribution in [0.25, 0.3) is 5.82 Å². The predicted octanol–water partition coefficient (Wildman–Crippen LogP) is 1.39. The van der Waals surface area contributed by atoms with Gasteiger partial charge in [-0.1, -0.05) is 6.42 Å².